The molecule has 12 heavy (non-hydrogen) atoms. The zero-order valence-electron chi connectivity index (χ0n) is 6.72. The topological polar surface area (TPSA) is 33.4 Å². The quantitative estimate of drug-likeness (QED) is 0.769. The summed E-state index contributed by atoms with van der Waals surface area (Å²) < 4.78 is 5.29. The fourth-order valence-electron chi connectivity index (χ4n) is 1.69. The van der Waals surface area contributed by atoms with Gasteiger partial charge in [0.1, 0.15) is 5.76 Å². The van der Waals surface area contributed by atoms with Gasteiger partial charge < -0.3 is 9.52 Å². The standard InChI is InChI=1S/C9H11ClO2/c10-8-3-2-7(12-8)9(6-11)4-1-5-9/h2-3,11H,1,4-6H2. The fraction of sp³-hybridized carbons (Fsp3) is 0.556. The Morgan fingerprint density at radius 2 is 2.25 bits per heavy atom. The number of aliphatic hydroxyl groups is 1. The van der Waals surface area contributed by atoms with Crippen LogP contribution in [0.3, 0.4) is 0 Å². The molecule has 0 unspecified atom stereocenters. The van der Waals surface area contributed by atoms with Crippen LogP contribution in [0.5, 0.6) is 0 Å². The number of aliphatic hydroxyl groups excluding tert-OH is 1. The van der Waals surface area contributed by atoms with Crippen LogP contribution in [0.4, 0.5) is 0 Å². The van der Waals surface area contributed by atoms with Crippen molar-refractivity contribution in [3.8, 4) is 0 Å². The van der Waals surface area contributed by atoms with E-state index >= 15 is 0 Å². The first-order chi connectivity index (χ1) is 5.77. The van der Waals surface area contributed by atoms with E-state index in [2.05, 4.69) is 0 Å². The van der Waals surface area contributed by atoms with Crippen molar-refractivity contribution in [1.29, 1.82) is 0 Å². The first-order valence-electron chi connectivity index (χ1n) is 4.13. The molecule has 0 aliphatic heterocycles. The highest BCUT2D eigenvalue weighted by molar-refractivity contribution is 6.28. The van der Waals surface area contributed by atoms with Crippen LogP contribution in [0.15, 0.2) is 16.5 Å². The second-order valence-corrected chi connectivity index (χ2v) is 3.77. The maximum atomic E-state index is 9.20. The average Bonchev–Trinajstić information content (AvgIpc) is 2.35. The molecule has 1 aromatic rings. The Bertz CT molecular complexity index is 270. The van der Waals surface area contributed by atoms with Gasteiger partial charge in [0, 0.05) is 0 Å². The lowest BCUT2D eigenvalue weighted by Gasteiger charge is -2.38. The zero-order chi connectivity index (χ0) is 8.60. The van der Waals surface area contributed by atoms with Crippen molar-refractivity contribution in [3.05, 3.63) is 23.1 Å². The molecule has 3 heteroatoms. The third-order valence-corrected chi connectivity index (χ3v) is 2.91. The Morgan fingerprint density at radius 1 is 1.50 bits per heavy atom. The van der Waals surface area contributed by atoms with Gasteiger partial charge in [-0.2, -0.15) is 0 Å². The van der Waals surface area contributed by atoms with E-state index in [1.54, 1.807) is 6.07 Å². The molecule has 0 atom stereocenters. The Balaban J connectivity index is 2.27. The number of hydrogen-bond donors (Lipinski definition) is 1. The molecule has 0 saturated heterocycles. The molecule has 2 rings (SSSR count). The van der Waals surface area contributed by atoms with E-state index in [0.29, 0.717) is 5.22 Å². The monoisotopic (exact) mass is 186 g/mol. The predicted molar refractivity (Wildman–Crippen MR) is 46.3 cm³/mol. The summed E-state index contributed by atoms with van der Waals surface area (Å²) in [6.07, 6.45) is 3.18. The molecule has 1 heterocycles. The molecule has 1 aliphatic rings. The largest absolute Gasteiger partial charge is 0.449 e. The van der Waals surface area contributed by atoms with Gasteiger partial charge in [0.15, 0.2) is 5.22 Å². The normalized spacial score (nSPS) is 20.5. The van der Waals surface area contributed by atoms with Crippen molar-refractivity contribution in [2.75, 3.05) is 6.61 Å². The Labute approximate surface area is 76.1 Å². The molecule has 1 fully saturated rings. The van der Waals surface area contributed by atoms with Crippen LogP contribution in [0, 0.1) is 0 Å². The lowest BCUT2D eigenvalue weighted by atomic mass is 9.68. The molecule has 2 nitrogen and oxygen atoms in total. The van der Waals surface area contributed by atoms with Crippen molar-refractivity contribution in [1.82, 2.24) is 0 Å². The second-order valence-electron chi connectivity index (χ2n) is 3.40. The van der Waals surface area contributed by atoms with Gasteiger partial charge >= 0.3 is 0 Å². The molecule has 0 bridgehead atoms. The Hall–Kier alpha value is -0.470. The second kappa shape index (κ2) is 2.79. The minimum atomic E-state index is -0.118. The average molecular weight is 187 g/mol. The number of rotatable bonds is 2. The summed E-state index contributed by atoms with van der Waals surface area (Å²) in [6, 6.07) is 3.59. The molecule has 1 N–H and O–H groups in total. The van der Waals surface area contributed by atoms with Crippen molar-refractivity contribution in [2.45, 2.75) is 24.7 Å². The molecule has 0 amide bonds. The van der Waals surface area contributed by atoms with Crippen LogP contribution >= 0.6 is 11.6 Å². The van der Waals surface area contributed by atoms with Gasteiger partial charge in [-0.25, -0.2) is 0 Å². The van der Waals surface area contributed by atoms with Gasteiger partial charge in [-0.05, 0) is 36.6 Å². The van der Waals surface area contributed by atoms with Gasteiger partial charge in [-0.15, -0.1) is 0 Å². The third-order valence-electron chi connectivity index (χ3n) is 2.71. The molecule has 0 radical (unpaired) electrons. The van der Waals surface area contributed by atoms with Crippen LogP contribution in [-0.4, -0.2) is 11.7 Å². The van der Waals surface area contributed by atoms with Gasteiger partial charge in [-0.3, -0.25) is 0 Å². The lowest BCUT2D eigenvalue weighted by Crippen LogP contribution is -2.37. The first-order valence-corrected chi connectivity index (χ1v) is 4.51. The van der Waals surface area contributed by atoms with Gasteiger partial charge in [0.2, 0.25) is 0 Å². The molecule has 0 spiro atoms. The maximum Gasteiger partial charge on any atom is 0.193 e. The first kappa shape index (κ1) is 8.14. The van der Waals surface area contributed by atoms with Crippen LogP contribution < -0.4 is 0 Å². The number of furan rings is 1. The predicted octanol–water partition coefficient (Wildman–Crippen LogP) is 2.35. The summed E-state index contributed by atoms with van der Waals surface area (Å²) in [4.78, 5) is 0. The van der Waals surface area contributed by atoms with E-state index in [-0.39, 0.29) is 12.0 Å². The smallest absolute Gasteiger partial charge is 0.193 e. The number of halogens is 1. The van der Waals surface area contributed by atoms with Crippen molar-refractivity contribution in [3.63, 3.8) is 0 Å². The SMILES string of the molecule is OCC1(c2ccc(Cl)o2)CCC1. The van der Waals surface area contributed by atoms with Gasteiger partial charge in [-0.1, -0.05) is 6.42 Å². The molecule has 0 aromatic carbocycles. The fourth-order valence-corrected chi connectivity index (χ4v) is 1.83. The summed E-state index contributed by atoms with van der Waals surface area (Å²) in [5, 5.41) is 9.60. The van der Waals surface area contributed by atoms with E-state index in [0.717, 1.165) is 18.6 Å². The summed E-state index contributed by atoms with van der Waals surface area (Å²) in [5.74, 6) is 0.834. The molecular formula is C9H11ClO2. The van der Waals surface area contributed by atoms with Crippen molar-refractivity contribution in [2.24, 2.45) is 0 Å². The summed E-state index contributed by atoms with van der Waals surface area (Å²) >= 11 is 5.66. The highest BCUT2D eigenvalue weighted by Crippen LogP contribution is 2.44. The van der Waals surface area contributed by atoms with Crippen LogP contribution in [0.25, 0.3) is 0 Å². The van der Waals surface area contributed by atoms with E-state index in [9.17, 15) is 5.11 Å². The van der Waals surface area contributed by atoms with E-state index < -0.39 is 0 Å². The minimum absolute atomic E-state index is 0.118. The van der Waals surface area contributed by atoms with E-state index in [1.807, 2.05) is 6.07 Å². The van der Waals surface area contributed by atoms with Crippen molar-refractivity contribution < 1.29 is 9.52 Å². The van der Waals surface area contributed by atoms with Crippen LogP contribution in [0.2, 0.25) is 5.22 Å². The Morgan fingerprint density at radius 3 is 2.58 bits per heavy atom. The van der Waals surface area contributed by atoms with Crippen LogP contribution in [-0.2, 0) is 5.41 Å². The summed E-state index contributed by atoms with van der Waals surface area (Å²) in [7, 11) is 0. The Kier molecular flexibility index (Phi) is 1.89. The van der Waals surface area contributed by atoms with Crippen LogP contribution in [0.1, 0.15) is 25.0 Å². The summed E-state index contributed by atoms with van der Waals surface area (Å²) in [5.41, 5.74) is -0.118. The zero-order valence-corrected chi connectivity index (χ0v) is 7.47. The van der Waals surface area contributed by atoms with Crippen molar-refractivity contribution >= 4 is 11.6 Å². The third kappa shape index (κ3) is 1.06. The molecule has 1 aromatic heterocycles. The molecule has 1 aliphatic carbocycles. The maximum absolute atomic E-state index is 9.20. The molecule has 66 valence electrons. The van der Waals surface area contributed by atoms with E-state index in [1.165, 1.54) is 6.42 Å². The highest BCUT2D eigenvalue weighted by Gasteiger charge is 2.40. The molecule has 1 saturated carbocycles. The molecular weight excluding hydrogens is 176 g/mol. The highest BCUT2D eigenvalue weighted by atomic mass is 35.5. The van der Waals surface area contributed by atoms with Gasteiger partial charge in [0.25, 0.3) is 0 Å². The van der Waals surface area contributed by atoms with E-state index in [4.69, 9.17) is 16.0 Å². The summed E-state index contributed by atoms with van der Waals surface area (Å²) in [6.45, 7) is 0.164. The minimum Gasteiger partial charge on any atom is -0.449 e. The van der Waals surface area contributed by atoms with Gasteiger partial charge in [0.05, 0.1) is 12.0 Å². The number of hydrogen-bond acceptors (Lipinski definition) is 2. The lowest BCUT2D eigenvalue weighted by molar-refractivity contribution is 0.0987.